The summed E-state index contributed by atoms with van der Waals surface area (Å²) in [5.74, 6) is 0.392. The van der Waals surface area contributed by atoms with Crippen LogP contribution in [0.15, 0.2) is 6.20 Å². The smallest absolute Gasteiger partial charge is 0.358 e. The summed E-state index contributed by atoms with van der Waals surface area (Å²) in [6.45, 7) is 0.757. The maximum absolute atomic E-state index is 10.4. The Kier molecular flexibility index (Phi) is 4.41. The highest BCUT2D eigenvalue weighted by Gasteiger charge is 2.07. The fraction of sp³-hybridized carbons (Fsp3) is 0.571. The Morgan fingerprint density at radius 3 is 2.93 bits per heavy atom. The van der Waals surface area contributed by atoms with Crippen molar-refractivity contribution >= 4 is 17.7 Å². The lowest BCUT2D eigenvalue weighted by Gasteiger charge is -1.98. The molecule has 0 saturated carbocycles. The van der Waals surface area contributed by atoms with Crippen LogP contribution >= 0.6 is 11.8 Å². The van der Waals surface area contributed by atoms with Gasteiger partial charge in [0.15, 0.2) is 5.69 Å². The van der Waals surface area contributed by atoms with E-state index in [0.29, 0.717) is 12.3 Å². The first-order chi connectivity index (χ1) is 6.74. The Hall–Kier alpha value is -1.08. The van der Waals surface area contributed by atoms with Gasteiger partial charge in [-0.05, 0) is 0 Å². The Balaban J connectivity index is 2.33. The maximum Gasteiger partial charge on any atom is 0.358 e. The van der Waals surface area contributed by atoms with Crippen LogP contribution in [0.2, 0.25) is 0 Å². The predicted octanol–water partition coefficient (Wildman–Crippen LogP) is -0.298. The second-order valence-electron chi connectivity index (χ2n) is 2.51. The van der Waals surface area contributed by atoms with Gasteiger partial charge in [0.05, 0.1) is 19.3 Å². The highest BCUT2D eigenvalue weighted by atomic mass is 32.2. The van der Waals surface area contributed by atoms with Gasteiger partial charge in [0.25, 0.3) is 0 Å². The summed E-state index contributed by atoms with van der Waals surface area (Å²) in [5, 5.41) is 24.2. The van der Waals surface area contributed by atoms with Gasteiger partial charge in [-0.1, -0.05) is 5.21 Å². The minimum atomic E-state index is -1.07. The molecule has 7 heteroatoms. The zero-order valence-corrected chi connectivity index (χ0v) is 8.27. The van der Waals surface area contributed by atoms with Crippen LogP contribution < -0.4 is 0 Å². The van der Waals surface area contributed by atoms with E-state index in [1.165, 1.54) is 10.9 Å². The molecule has 0 radical (unpaired) electrons. The summed E-state index contributed by atoms with van der Waals surface area (Å²) in [6, 6.07) is 0. The third kappa shape index (κ3) is 3.35. The van der Waals surface area contributed by atoms with Gasteiger partial charge in [-0.15, -0.1) is 5.10 Å². The minimum absolute atomic E-state index is 0.0443. The van der Waals surface area contributed by atoms with Crippen molar-refractivity contribution in [3.05, 3.63) is 11.9 Å². The van der Waals surface area contributed by atoms with Gasteiger partial charge in [0, 0.05) is 11.5 Å². The number of nitrogens with zero attached hydrogens (tertiary/aromatic N) is 3. The monoisotopic (exact) mass is 217 g/mol. The molecule has 6 nitrogen and oxygen atoms in total. The molecule has 0 saturated heterocycles. The molecular weight excluding hydrogens is 206 g/mol. The van der Waals surface area contributed by atoms with E-state index in [9.17, 15) is 4.79 Å². The highest BCUT2D eigenvalue weighted by molar-refractivity contribution is 7.99. The summed E-state index contributed by atoms with van der Waals surface area (Å²) in [5.41, 5.74) is -0.0443. The first-order valence-electron chi connectivity index (χ1n) is 4.06. The topological polar surface area (TPSA) is 88.2 Å². The van der Waals surface area contributed by atoms with Gasteiger partial charge >= 0.3 is 5.97 Å². The molecule has 78 valence electrons. The fourth-order valence-corrected chi connectivity index (χ4v) is 1.48. The number of aryl methyl sites for hydroxylation is 1. The standard InChI is InChI=1S/C7H11N3O3S/c11-2-4-14-3-1-10-5-6(7(12)13)8-9-10/h5,11H,1-4H2,(H,12,13). The SMILES string of the molecule is O=C(O)c1cn(CCSCCO)nn1. The molecule has 0 aromatic carbocycles. The van der Waals surface area contributed by atoms with Gasteiger partial charge in [-0.25, -0.2) is 4.79 Å². The van der Waals surface area contributed by atoms with Crippen LogP contribution in [-0.2, 0) is 6.54 Å². The summed E-state index contributed by atoms with van der Waals surface area (Å²) in [7, 11) is 0. The van der Waals surface area contributed by atoms with E-state index in [1.54, 1.807) is 11.8 Å². The van der Waals surface area contributed by atoms with Crippen molar-refractivity contribution in [2.24, 2.45) is 0 Å². The average Bonchev–Trinajstić information content (AvgIpc) is 2.61. The Bertz CT molecular complexity index is 302. The fourth-order valence-electron chi connectivity index (χ4n) is 0.830. The number of hydrogen-bond acceptors (Lipinski definition) is 5. The summed E-state index contributed by atoms with van der Waals surface area (Å²) in [6.07, 6.45) is 1.39. The zero-order valence-electron chi connectivity index (χ0n) is 7.46. The van der Waals surface area contributed by atoms with Crippen molar-refractivity contribution in [3.63, 3.8) is 0 Å². The van der Waals surface area contributed by atoms with Crippen molar-refractivity contribution in [1.29, 1.82) is 0 Å². The lowest BCUT2D eigenvalue weighted by atomic mass is 10.5. The van der Waals surface area contributed by atoms with Crippen LogP contribution in [-0.4, -0.2) is 49.3 Å². The summed E-state index contributed by atoms with van der Waals surface area (Å²) < 4.78 is 1.48. The third-order valence-corrected chi connectivity index (χ3v) is 2.40. The first-order valence-corrected chi connectivity index (χ1v) is 5.21. The number of aromatic nitrogens is 3. The summed E-state index contributed by atoms with van der Waals surface area (Å²) >= 11 is 1.58. The Morgan fingerprint density at radius 1 is 1.57 bits per heavy atom. The van der Waals surface area contributed by atoms with Crippen molar-refractivity contribution in [3.8, 4) is 0 Å². The van der Waals surface area contributed by atoms with Gasteiger partial charge < -0.3 is 10.2 Å². The van der Waals surface area contributed by atoms with Crippen LogP contribution in [0, 0.1) is 0 Å². The van der Waals surface area contributed by atoms with Gasteiger partial charge in [0.1, 0.15) is 0 Å². The Morgan fingerprint density at radius 2 is 2.36 bits per heavy atom. The van der Waals surface area contributed by atoms with Crippen molar-refractivity contribution in [1.82, 2.24) is 15.0 Å². The molecule has 0 spiro atoms. The van der Waals surface area contributed by atoms with E-state index >= 15 is 0 Å². The molecule has 0 unspecified atom stereocenters. The van der Waals surface area contributed by atoms with Crippen molar-refractivity contribution in [2.75, 3.05) is 18.1 Å². The molecule has 0 amide bonds. The van der Waals surface area contributed by atoms with E-state index in [4.69, 9.17) is 10.2 Å². The van der Waals surface area contributed by atoms with E-state index in [0.717, 1.165) is 5.75 Å². The number of aliphatic hydroxyl groups excluding tert-OH is 1. The van der Waals surface area contributed by atoms with Crippen molar-refractivity contribution in [2.45, 2.75) is 6.54 Å². The summed E-state index contributed by atoms with van der Waals surface area (Å²) in [4.78, 5) is 10.4. The number of carboxylic acid groups (broad SMARTS) is 1. The second-order valence-corrected chi connectivity index (χ2v) is 3.73. The van der Waals surface area contributed by atoms with Crippen LogP contribution in [0.4, 0.5) is 0 Å². The number of hydrogen-bond donors (Lipinski definition) is 2. The molecule has 1 heterocycles. The van der Waals surface area contributed by atoms with E-state index < -0.39 is 5.97 Å². The largest absolute Gasteiger partial charge is 0.476 e. The minimum Gasteiger partial charge on any atom is -0.476 e. The second kappa shape index (κ2) is 5.61. The molecule has 1 aromatic rings. The van der Waals surface area contributed by atoms with Crippen LogP contribution in [0.5, 0.6) is 0 Å². The molecule has 1 aromatic heterocycles. The van der Waals surface area contributed by atoms with Gasteiger partial charge in [-0.3, -0.25) is 4.68 Å². The van der Waals surface area contributed by atoms with E-state index in [2.05, 4.69) is 10.3 Å². The predicted molar refractivity (Wildman–Crippen MR) is 51.4 cm³/mol. The molecule has 2 N–H and O–H groups in total. The number of carbonyl (C=O) groups is 1. The molecule has 0 fully saturated rings. The molecule has 0 atom stereocenters. The first kappa shape index (κ1) is 11.0. The normalized spacial score (nSPS) is 10.4. The van der Waals surface area contributed by atoms with E-state index in [-0.39, 0.29) is 12.3 Å². The van der Waals surface area contributed by atoms with Gasteiger partial charge in [0.2, 0.25) is 0 Å². The number of aromatic carboxylic acids is 1. The number of carboxylic acids is 1. The molecular formula is C7H11N3O3S. The number of thioether (sulfide) groups is 1. The molecule has 1 rings (SSSR count). The maximum atomic E-state index is 10.4. The highest BCUT2D eigenvalue weighted by Crippen LogP contribution is 2.00. The quantitative estimate of drug-likeness (QED) is 0.636. The van der Waals surface area contributed by atoms with Crippen LogP contribution in [0.1, 0.15) is 10.5 Å². The molecule has 14 heavy (non-hydrogen) atoms. The van der Waals surface area contributed by atoms with Gasteiger partial charge in [-0.2, -0.15) is 11.8 Å². The average molecular weight is 217 g/mol. The zero-order chi connectivity index (χ0) is 10.4. The molecule has 0 bridgehead atoms. The molecule has 0 aliphatic rings. The number of aliphatic hydroxyl groups is 1. The molecule has 0 aliphatic heterocycles. The van der Waals surface area contributed by atoms with Crippen LogP contribution in [0.25, 0.3) is 0 Å². The van der Waals surface area contributed by atoms with E-state index in [1.807, 2.05) is 0 Å². The molecule has 0 aliphatic carbocycles. The lowest BCUT2D eigenvalue weighted by Crippen LogP contribution is -2.02. The van der Waals surface area contributed by atoms with Crippen molar-refractivity contribution < 1.29 is 15.0 Å². The number of rotatable bonds is 6. The van der Waals surface area contributed by atoms with Crippen LogP contribution in [0.3, 0.4) is 0 Å². The third-order valence-electron chi connectivity index (χ3n) is 1.46. The Labute approximate surface area is 84.9 Å². The lowest BCUT2D eigenvalue weighted by molar-refractivity contribution is 0.0690.